The molecule has 20 heavy (non-hydrogen) atoms. The van der Waals surface area contributed by atoms with Gasteiger partial charge in [0.05, 0.1) is 0 Å². The second-order valence-corrected chi connectivity index (χ2v) is 6.25. The van der Waals surface area contributed by atoms with E-state index in [1.165, 1.54) is 0 Å². The molecule has 0 aliphatic carbocycles. The molecule has 2 aromatic heterocycles. The number of hydrogen-bond donors (Lipinski definition) is 2. The van der Waals surface area contributed by atoms with Gasteiger partial charge < -0.3 is 11.1 Å². The Morgan fingerprint density at radius 3 is 2.80 bits per heavy atom. The van der Waals surface area contributed by atoms with Gasteiger partial charge in [0.2, 0.25) is 17.8 Å². The number of nitrogens with zero attached hydrogens (tertiary/aromatic N) is 5. The highest BCUT2D eigenvalue weighted by Crippen LogP contribution is 2.15. The number of aromatic nitrogens is 5. The van der Waals surface area contributed by atoms with Crippen LogP contribution >= 0.6 is 0 Å². The molecule has 106 valence electrons. The summed E-state index contributed by atoms with van der Waals surface area (Å²) in [4.78, 5) is 16.4. The first kappa shape index (κ1) is 13.0. The van der Waals surface area contributed by atoms with Crippen LogP contribution in [0.5, 0.6) is 0 Å². The number of imidazole rings is 1. The second kappa shape index (κ2) is 5.53. The molecule has 0 saturated carbocycles. The standard InChI is InChI=1S/C11H15N7OS/c12-9-15-10(14-8-1-5-20(19)6-2-8)17-11(16-9)18-4-3-13-7-18/h3-4,7-8H,1-2,5-6H2,(H3,12,14,15,16,17). The average molecular weight is 293 g/mol. The lowest BCUT2D eigenvalue weighted by molar-refractivity contribution is 0.620. The van der Waals surface area contributed by atoms with Gasteiger partial charge in [0.25, 0.3) is 0 Å². The van der Waals surface area contributed by atoms with Gasteiger partial charge in [0.1, 0.15) is 6.33 Å². The number of hydrogen-bond acceptors (Lipinski definition) is 7. The third-order valence-corrected chi connectivity index (χ3v) is 4.48. The summed E-state index contributed by atoms with van der Waals surface area (Å²) in [6.07, 6.45) is 6.67. The number of nitrogens with one attached hydrogen (secondary N) is 1. The Morgan fingerprint density at radius 2 is 2.10 bits per heavy atom. The molecule has 3 heterocycles. The Kier molecular flexibility index (Phi) is 3.59. The molecule has 3 N–H and O–H groups in total. The summed E-state index contributed by atoms with van der Waals surface area (Å²) in [5, 5.41) is 3.23. The van der Waals surface area contributed by atoms with E-state index in [2.05, 4.69) is 25.3 Å². The topological polar surface area (TPSA) is 112 Å². The van der Waals surface area contributed by atoms with Crippen molar-refractivity contribution in [3.63, 3.8) is 0 Å². The van der Waals surface area contributed by atoms with Gasteiger partial charge in [-0.2, -0.15) is 15.0 Å². The first-order chi connectivity index (χ1) is 9.70. The van der Waals surface area contributed by atoms with E-state index in [9.17, 15) is 4.21 Å². The van der Waals surface area contributed by atoms with E-state index < -0.39 is 10.8 Å². The third kappa shape index (κ3) is 2.93. The van der Waals surface area contributed by atoms with Crippen molar-refractivity contribution < 1.29 is 4.21 Å². The minimum Gasteiger partial charge on any atom is -0.368 e. The average Bonchev–Trinajstić information content (AvgIpc) is 2.95. The van der Waals surface area contributed by atoms with Crippen molar-refractivity contribution in [1.82, 2.24) is 24.5 Å². The summed E-state index contributed by atoms with van der Waals surface area (Å²) < 4.78 is 13.0. The Hall–Kier alpha value is -2.03. The van der Waals surface area contributed by atoms with E-state index in [0.29, 0.717) is 23.4 Å². The molecular formula is C11H15N7OS. The van der Waals surface area contributed by atoms with Gasteiger partial charge in [-0.1, -0.05) is 0 Å². The smallest absolute Gasteiger partial charge is 0.241 e. The molecule has 9 heteroatoms. The quantitative estimate of drug-likeness (QED) is 0.816. The number of nitrogens with two attached hydrogens (primary N) is 1. The van der Waals surface area contributed by atoms with Crippen LogP contribution < -0.4 is 11.1 Å². The molecule has 1 saturated heterocycles. The van der Waals surface area contributed by atoms with Crippen molar-refractivity contribution in [2.45, 2.75) is 18.9 Å². The molecule has 3 rings (SSSR count). The Balaban J connectivity index is 1.78. The fourth-order valence-electron chi connectivity index (χ4n) is 2.06. The van der Waals surface area contributed by atoms with Crippen LogP contribution in [0.2, 0.25) is 0 Å². The summed E-state index contributed by atoms with van der Waals surface area (Å²) >= 11 is 0. The zero-order chi connectivity index (χ0) is 13.9. The van der Waals surface area contributed by atoms with Gasteiger partial charge >= 0.3 is 0 Å². The predicted molar refractivity (Wildman–Crippen MR) is 75.9 cm³/mol. The first-order valence-corrected chi connectivity index (χ1v) is 7.81. The van der Waals surface area contributed by atoms with E-state index in [0.717, 1.165) is 12.8 Å². The van der Waals surface area contributed by atoms with Crippen LogP contribution in [0.3, 0.4) is 0 Å². The molecule has 0 bridgehead atoms. The van der Waals surface area contributed by atoms with Crippen molar-refractivity contribution in [1.29, 1.82) is 0 Å². The molecule has 1 fully saturated rings. The van der Waals surface area contributed by atoms with Crippen molar-refractivity contribution in [3.05, 3.63) is 18.7 Å². The van der Waals surface area contributed by atoms with Gasteiger partial charge in [0, 0.05) is 40.7 Å². The maximum absolute atomic E-state index is 11.3. The molecule has 0 spiro atoms. The normalized spacial score (nSPS) is 22.6. The molecule has 8 nitrogen and oxygen atoms in total. The van der Waals surface area contributed by atoms with Crippen LogP contribution in [-0.2, 0) is 10.8 Å². The van der Waals surface area contributed by atoms with Crippen LogP contribution in [0, 0.1) is 0 Å². The molecule has 0 atom stereocenters. The Bertz CT molecular complexity index is 605. The lowest BCUT2D eigenvalue weighted by Gasteiger charge is -2.22. The second-order valence-electron chi connectivity index (χ2n) is 4.55. The van der Waals surface area contributed by atoms with Crippen molar-refractivity contribution >= 4 is 22.7 Å². The molecular weight excluding hydrogens is 278 g/mol. The Morgan fingerprint density at radius 1 is 1.30 bits per heavy atom. The van der Waals surface area contributed by atoms with E-state index in [-0.39, 0.29) is 12.0 Å². The fourth-order valence-corrected chi connectivity index (χ4v) is 3.36. The molecule has 0 radical (unpaired) electrons. The summed E-state index contributed by atoms with van der Waals surface area (Å²) in [6, 6.07) is 0.227. The van der Waals surface area contributed by atoms with Gasteiger partial charge in [-0.15, -0.1) is 0 Å². The third-order valence-electron chi connectivity index (χ3n) is 3.10. The highest BCUT2D eigenvalue weighted by atomic mass is 32.2. The van der Waals surface area contributed by atoms with Crippen LogP contribution in [0.1, 0.15) is 12.8 Å². The van der Waals surface area contributed by atoms with Gasteiger partial charge in [-0.3, -0.25) is 8.78 Å². The molecule has 0 unspecified atom stereocenters. The van der Waals surface area contributed by atoms with E-state index in [1.807, 2.05) is 0 Å². The van der Waals surface area contributed by atoms with E-state index in [4.69, 9.17) is 5.73 Å². The number of rotatable bonds is 3. The maximum Gasteiger partial charge on any atom is 0.241 e. The first-order valence-electron chi connectivity index (χ1n) is 6.32. The van der Waals surface area contributed by atoms with Crippen LogP contribution in [0.25, 0.3) is 5.95 Å². The van der Waals surface area contributed by atoms with Crippen molar-refractivity contribution in [2.24, 2.45) is 0 Å². The molecule has 1 aliphatic rings. The van der Waals surface area contributed by atoms with Gasteiger partial charge in [0.15, 0.2) is 0 Å². The van der Waals surface area contributed by atoms with Crippen molar-refractivity contribution in [2.75, 3.05) is 22.6 Å². The highest BCUT2D eigenvalue weighted by molar-refractivity contribution is 7.85. The van der Waals surface area contributed by atoms with Crippen molar-refractivity contribution in [3.8, 4) is 5.95 Å². The molecule has 0 aromatic carbocycles. The van der Waals surface area contributed by atoms with Crippen LogP contribution in [-0.4, -0.2) is 46.3 Å². The lowest BCUT2D eigenvalue weighted by atomic mass is 10.2. The summed E-state index contributed by atoms with van der Waals surface area (Å²) in [6.45, 7) is 0. The summed E-state index contributed by atoms with van der Waals surface area (Å²) in [5.41, 5.74) is 5.71. The summed E-state index contributed by atoms with van der Waals surface area (Å²) in [5.74, 6) is 2.46. The predicted octanol–water partition coefficient (Wildman–Crippen LogP) is -0.0375. The SMILES string of the molecule is Nc1nc(NC2CCS(=O)CC2)nc(-n2ccnc2)n1. The highest BCUT2D eigenvalue weighted by Gasteiger charge is 2.19. The zero-order valence-electron chi connectivity index (χ0n) is 10.8. The maximum atomic E-state index is 11.3. The van der Waals surface area contributed by atoms with Gasteiger partial charge in [-0.25, -0.2) is 4.98 Å². The van der Waals surface area contributed by atoms with E-state index in [1.54, 1.807) is 23.3 Å². The molecule has 0 amide bonds. The van der Waals surface area contributed by atoms with Crippen LogP contribution in [0.15, 0.2) is 18.7 Å². The minimum atomic E-state index is -0.682. The number of anilines is 2. The van der Waals surface area contributed by atoms with Crippen LogP contribution in [0.4, 0.5) is 11.9 Å². The largest absolute Gasteiger partial charge is 0.368 e. The number of nitrogen functional groups attached to an aromatic ring is 1. The zero-order valence-corrected chi connectivity index (χ0v) is 11.6. The monoisotopic (exact) mass is 293 g/mol. The molecule has 2 aromatic rings. The minimum absolute atomic E-state index is 0.158. The summed E-state index contributed by atoms with van der Waals surface area (Å²) in [7, 11) is -0.682. The molecule has 1 aliphatic heterocycles. The van der Waals surface area contributed by atoms with E-state index >= 15 is 0 Å². The fraction of sp³-hybridized carbons (Fsp3) is 0.455. The lowest BCUT2D eigenvalue weighted by Crippen LogP contribution is -2.30. The Labute approximate surface area is 118 Å². The van der Waals surface area contributed by atoms with Gasteiger partial charge in [-0.05, 0) is 12.8 Å².